The molecule has 0 saturated carbocycles. The predicted octanol–water partition coefficient (Wildman–Crippen LogP) is 5.85. The molecule has 0 N–H and O–H groups in total. The van der Waals surface area contributed by atoms with Gasteiger partial charge in [-0.3, -0.25) is 4.79 Å². The van der Waals surface area contributed by atoms with Gasteiger partial charge in [0.25, 0.3) is 0 Å². The van der Waals surface area contributed by atoms with E-state index in [4.69, 9.17) is 0 Å². The zero-order chi connectivity index (χ0) is 21.4. The molecule has 0 spiro atoms. The van der Waals surface area contributed by atoms with Gasteiger partial charge in [-0.05, 0) is 11.6 Å². The molecule has 1 amide bonds. The molecule has 0 atom stereocenters. The number of fused-ring (bicyclic) bond motifs is 5. The van der Waals surface area contributed by atoms with E-state index in [0.29, 0.717) is 6.54 Å². The largest absolute Gasteiger partial charge is 0.308 e. The average Bonchev–Trinajstić information content (AvgIpc) is 3.13. The van der Waals surface area contributed by atoms with Gasteiger partial charge in [0, 0.05) is 25.1 Å². The van der Waals surface area contributed by atoms with Crippen LogP contribution >= 0.6 is 0 Å². The van der Waals surface area contributed by atoms with Crippen molar-refractivity contribution in [1.82, 2.24) is 15.0 Å². The molecule has 0 bridgehead atoms. The number of carbonyl (C=O) groups excluding carboxylic acids is 1. The van der Waals surface area contributed by atoms with Crippen LogP contribution in [0.3, 0.4) is 0 Å². The van der Waals surface area contributed by atoms with E-state index in [9.17, 15) is 4.79 Å². The van der Waals surface area contributed by atoms with Crippen LogP contribution in [-0.4, -0.2) is 20.9 Å². The highest BCUT2D eigenvalue weighted by Gasteiger charge is 2.26. The number of para-hydroxylation sites is 1. The summed E-state index contributed by atoms with van der Waals surface area (Å²) in [6.45, 7) is 10.5. The van der Waals surface area contributed by atoms with Gasteiger partial charge in [-0.25, -0.2) is 4.68 Å². The number of aromatic nitrogens is 3. The van der Waals surface area contributed by atoms with E-state index in [1.807, 2.05) is 74.3 Å². The summed E-state index contributed by atoms with van der Waals surface area (Å²) in [5, 5.41) is 8.59. The minimum absolute atomic E-state index is 0.0193. The maximum atomic E-state index is 12.3. The molecule has 3 aromatic rings. The highest BCUT2D eigenvalue weighted by molar-refractivity contribution is 5.99. The Kier molecular flexibility index (Phi) is 8.13. The first-order chi connectivity index (χ1) is 14.1. The predicted molar refractivity (Wildman–Crippen MR) is 121 cm³/mol. The number of amides is 1. The van der Waals surface area contributed by atoms with Crippen molar-refractivity contribution in [1.29, 1.82) is 0 Å². The molecule has 5 heteroatoms. The SMILES string of the molecule is CC.CC(=O)N1Cc2ccccc2-c2nnn(C)c2-c2ccccc21.CCCC. The Morgan fingerprint density at radius 3 is 2.17 bits per heavy atom. The lowest BCUT2D eigenvalue weighted by Crippen LogP contribution is -2.29. The molecule has 2 aromatic carbocycles. The number of hydrogen-bond acceptors (Lipinski definition) is 3. The minimum Gasteiger partial charge on any atom is -0.308 e. The summed E-state index contributed by atoms with van der Waals surface area (Å²) in [5.74, 6) is 0.0193. The molecule has 0 saturated heterocycles. The molecule has 1 aromatic heterocycles. The maximum Gasteiger partial charge on any atom is 0.224 e. The lowest BCUT2D eigenvalue weighted by molar-refractivity contribution is -0.116. The topological polar surface area (TPSA) is 51.0 Å². The fourth-order valence-corrected chi connectivity index (χ4v) is 3.18. The first-order valence-corrected chi connectivity index (χ1v) is 10.4. The van der Waals surface area contributed by atoms with Gasteiger partial charge in [-0.2, -0.15) is 0 Å². The van der Waals surface area contributed by atoms with Gasteiger partial charge >= 0.3 is 0 Å². The van der Waals surface area contributed by atoms with Crippen LogP contribution in [0, 0.1) is 0 Å². The number of rotatable bonds is 1. The number of anilines is 1. The Labute approximate surface area is 174 Å². The standard InChI is InChI=1S/C18H16N4O.C4H10.C2H6/c1-12(23)22-11-13-7-3-4-8-14(13)17-18(21(2)20-19-17)15-9-5-6-10-16(15)22;1-3-4-2;1-2/h3-10H,11H2,1-2H3;3-4H2,1-2H3;1-2H3. The summed E-state index contributed by atoms with van der Waals surface area (Å²) >= 11 is 0. The Bertz CT molecular complexity index is 944. The number of benzene rings is 2. The first kappa shape index (κ1) is 22.3. The molecule has 29 heavy (non-hydrogen) atoms. The van der Waals surface area contributed by atoms with Crippen molar-refractivity contribution in [2.45, 2.75) is 54.0 Å². The second-order valence-corrected chi connectivity index (χ2v) is 6.69. The number of aryl methyl sites for hydroxylation is 1. The van der Waals surface area contributed by atoms with Crippen LogP contribution in [0.1, 0.15) is 53.0 Å². The molecule has 1 aliphatic rings. The summed E-state index contributed by atoms with van der Waals surface area (Å²) in [5.41, 5.74) is 5.74. The molecule has 154 valence electrons. The summed E-state index contributed by atoms with van der Waals surface area (Å²) < 4.78 is 1.77. The van der Waals surface area contributed by atoms with Gasteiger partial charge in [0.2, 0.25) is 5.91 Å². The second-order valence-electron chi connectivity index (χ2n) is 6.69. The first-order valence-electron chi connectivity index (χ1n) is 10.4. The van der Waals surface area contributed by atoms with Crippen molar-refractivity contribution in [3.05, 3.63) is 54.1 Å². The molecule has 0 radical (unpaired) electrons. The molecule has 5 nitrogen and oxygen atoms in total. The molecular weight excluding hydrogens is 360 g/mol. The monoisotopic (exact) mass is 392 g/mol. The van der Waals surface area contributed by atoms with Gasteiger partial charge in [0.1, 0.15) is 5.69 Å². The maximum absolute atomic E-state index is 12.3. The van der Waals surface area contributed by atoms with Crippen LogP contribution in [0.25, 0.3) is 22.5 Å². The van der Waals surface area contributed by atoms with Crippen LogP contribution in [-0.2, 0) is 18.4 Å². The van der Waals surface area contributed by atoms with Crippen molar-refractivity contribution < 1.29 is 4.79 Å². The van der Waals surface area contributed by atoms with Gasteiger partial charge in [0.15, 0.2) is 0 Å². The van der Waals surface area contributed by atoms with E-state index in [0.717, 1.165) is 33.8 Å². The summed E-state index contributed by atoms with van der Waals surface area (Å²) in [4.78, 5) is 14.1. The van der Waals surface area contributed by atoms with Crippen molar-refractivity contribution >= 4 is 11.6 Å². The third-order valence-electron chi connectivity index (χ3n) is 4.76. The van der Waals surface area contributed by atoms with E-state index >= 15 is 0 Å². The smallest absolute Gasteiger partial charge is 0.224 e. The third-order valence-corrected chi connectivity index (χ3v) is 4.76. The van der Waals surface area contributed by atoms with E-state index < -0.39 is 0 Å². The highest BCUT2D eigenvalue weighted by Crippen LogP contribution is 2.40. The second kappa shape index (κ2) is 10.6. The van der Waals surface area contributed by atoms with E-state index in [1.165, 1.54) is 12.8 Å². The Hall–Kier alpha value is -2.95. The van der Waals surface area contributed by atoms with Crippen molar-refractivity contribution in [3.63, 3.8) is 0 Å². The zero-order valence-corrected chi connectivity index (χ0v) is 18.4. The van der Waals surface area contributed by atoms with Crippen LogP contribution in [0.5, 0.6) is 0 Å². The summed E-state index contributed by atoms with van der Waals surface area (Å²) in [6, 6.07) is 16.0. The quantitative estimate of drug-likeness (QED) is 0.522. The minimum atomic E-state index is 0.0193. The molecule has 0 fully saturated rings. The Balaban J connectivity index is 0.000000449. The Morgan fingerprint density at radius 2 is 1.55 bits per heavy atom. The molecule has 0 aliphatic carbocycles. The highest BCUT2D eigenvalue weighted by atomic mass is 16.2. The van der Waals surface area contributed by atoms with Crippen LogP contribution < -0.4 is 4.90 Å². The fraction of sp³-hybridized carbons (Fsp3) is 0.375. The van der Waals surface area contributed by atoms with Crippen LogP contribution in [0.4, 0.5) is 5.69 Å². The van der Waals surface area contributed by atoms with Gasteiger partial charge in [-0.1, -0.05) is 88.2 Å². The molecule has 2 heterocycles. The number of hydrogen-bond donors (Lipinski definition) is 0. The molecule has 0 unspecified atom stereocenters. The van der Waals surface area contributed by atoms with E-state index in [-0.39, 0.29) is 5.91 Å². The third kappa shape index (κ3) is 4.73. The molecule has 4 rings (SSSR count). The van der Waals surface area contributed by atoms with Gasteiger partial charge in [-0.15, -0.1) is 5.10 Å². The van der Waals surface area contributed by atoms with Gasteiger partial charge < -0.3 is 4.90 Å². The molecular formula is C24H32N4O. The van der Waals surface area contributed by atoms with Gasteiger partial charge in [0.05, 0.1) is 17.9 Å². The lowest BCUT2D eigenvalue weighted by Gasteiger charge is -2.27. The van der Waals surface area contributed by atoms with Crippen LogP contribution in [0.15, 0.2) is 48.5 Å². The number of unbranched alkanes of at least 4 members (excludes halogenated alkanes) is 1. The summed E-state index contributed by atoms with van der Waals surface area (Å²) in [7, 11) is 1.88. The van der Waals surface area contributed by atoms with E-state index in [2.05, 4.69) is 24.2 Å². The van der Waals surface area contributed by atoms with Crippen LogP contribution in [0.2, 0.25) is 0 Å². The van der Waals surface area contributed by atoms with E-state index in [1.54, 1.807) is 11.6 Å². The summed E-state index contributed by atoms with van der Waals surface area (Å²) in [6.07, 6.45) is 2.64. The number of nitrogens with zero attached hydrogens (tertiary/aromatic N) is 4. The zero-order valence-electron chi connectivity index (χ0n) is 18.4. The Morgan fingerprint density at radius 1 is 0.966 bits per heavy atom. The fourth-order valence-electron chi connectivity index (χ4n) is 3.18. The molecule has 1 aliphatic heterocycles. The number of carbonyl (C=O) groups is 1. The van der Waals surface area contributed by atoms with Crippen molar-refractivity contribution in [3.8, 4) is 22.5 Å². The average molecular weight is 393 g/mol. The van der Waals surface area contributed by atoms with Crippen molar-refractivity contribution in [2.75, 3.05) is 4.90 Å². The van der Waals surface area contributed by atoms with Crippen molar-refractivity contribution in [2.24, 2.45) is 7.05 Å². The lowest BCUT2D eigenvalue weighted by atomic mass is 9.96. The normalized spacial score (nSPS) is 11.3.